The number of nitrogens with one attached hydrogen (secondary N) is 1. The van der Waals surface area contributed by atoms with E-state index in [4.69, 9.17) is 0 Å². The summed E-state index contributed by atoms with van der Waals surface area (Å²) in [6, 6.07) is 2.97. The minimum atomic E-state index is 0.699. The number of hydrogen-bond acceptors (Lipinski definition) is 3. The first-order valence-electron chi connectivity index (χ1n) is 7.74. The molecule has 0 amide bonds. The van der Waals surface area contributed by atoms with Crippen LogP contribution in [0.4, 0.5) is 0 Å². The number of rotatable bonds is 9. The van der Waals surface area contributed by atoms with Crippen molar-refractivity contribution in [3.8, 4) is 0 Å². The maximum atomic E-state index is 3.74. The molecule has 1 aliphatic rings. The van der Waals surface area contributed by atoms with Gasteiger partial charge >= 0.3 is 0 Å². The van der Waals surface area contributed by atoms with E-state index in [1.54, 1.807) is 0 Å². The molecule has 0 radical (unpaired) electrons. The molecule has 3 heteroatoms. The van der Waals surface area contributed by atoms with Crippen LogP contribution in [0, 0.1) is 0 Å². The van der Waals surface area contributed by atoms with Gasteiger partial charge in [0.15, 0.2) is 0 Å². The highest BCUT2D eigenvalue weighted by atomic mass is 32.2. The van der Waals surface area contributed by atoms with E-state index in [9.17, 15) is 0 Å². The first-order valence-corrected chi connectivity index (χ1v) is 9.73. The summed E-state index contributed by atoms with van der Waals surface area (Å²) in [7, 11) is 0. The summed E-state index contributed by atoms with van der Waals surface area (Å²) in [5, 5.41) is 9.17. The van der Waals surface area contributed by atoms with Gasteiger partial charge in [-0.15, -0.1) is 0 Å². The molecule has 0 bridgehead atoms. The Morgan fingerprint density at radius 1 is 1.42 bits per heavy atom. The summed E-state index contributed by atoms with van der Waals surface area (Å²) in [4.78, 5) is 0. The second kappa shape index (κ2) is 9.04. The number of thiophene rings is 1. The average molecular weight is 298 g/mol. The van der Waals surface area contributed by atoms with Gasteiger partial charge in [0.25, 0.3) is 0 Å². The minimum absolute atomic E-state index is 0.699. The molecule has 1 saturated carbocycles. The first-order chi connectivity index (χ1) is 9.38. The van der Waals surface area contributed by atoms with Gasteiger partial charge in [-0.25, -0.2) is 0 Å². The van der Waals surface area contributed by atoms with E-state index in [2.05, 4.69) is 40.8 Å². The standard InChI is InChI=1S/C16H27NS2/c1-2-10-17-15(8-7-14-9-11-18-12-14)13-19-16-5-3-4-6-16/h9,11-12,15-17H,2-8,10,13H2,1H3. The van der Waals surface area contributed by atoms with Crippen LogP contribution in [0.5, 0.6) is 0 Å². The van der Waals surface area contributed by atoms with Crippen molar-refractivity contribution in [2.45, 2.75) is 63.2 Å². The normalized spacial score (nSPS) is 17.9. The number of thioether (sulfide) groups is 1. The van der Waals surface area contributed by atoms with Gasteiger partial charge in [0.2, 0.25) is 0 Å². The third-order valence-electron chi connectivity index (χ3n) is 3.88. The van der Waals surface area contributed by atoms with Crippen LogP contribution in [0.25, 0.3) is 0 Å². The lowest BCUT2D eigenvalue weighted by molar-refractivity contribution is 0.520. The Morgan fingerprint density at radius 2 is 2.26 bits per heavy atom. The highest BCUT2D eigenvalue weighted by molar-refractivity contribution is 7.99. The zero-order chi connectivity index (χ0) is 13.3. The van der Waals surface area contributed by atoms with Crippen molar-refractivity contribution in [1.82, 2.24) is 5.32 Å². The van der Waals surface area contributed by atoms with Crippen LogP contribution in [0.2, 0.25) is 0 Å². The Morgan fingerprint density at radius 3 is 2.95 bits per heavy atom. The summed E-state index contributed by atoms with van der Waals surface area (Å²) in [6.45, 7) is 3.42. The molecule has 108 valence electrons. The summed E-state index contributed by atoms with van der Waals surface area (Å²) in [6.07, 6.45) is 9.58. The molecule has 1 unspecified atom stereocenters. The van der Waals surface area contributed by atoms with Crippen molar-refractivity contribution in [1.29, 1.82) is 0 Å². The van der Waals surface area contributed by atoms with E-state index in [1.165, 1.54) is 62.8 Å². The molecule has 1 nitrogen and oxygen atoms in total. The predicted octanol–water partition coefficient (Wildman–Crippen LogP) is 4.72. The molecule has 2 rings (SSSR count). The predicted molar refractivity (Wildman–Crippen MR) is 89.4 cm³/mol. The second-order valence-corrected chi connectivity index (χ2v) is 7.67. The van der Waals surface area contributed by atoms with E-state index in [0.29, 0.717) is 6.04 Å². The Balaban J connectivity index is 1.70. The molecule has 1 aliphatic carbocycles. The van der Waals surface area contributed by atoms with Crippen LogP contribution in [0.1, 0.15) is 51.0 Å². The molecule has 19 heavy (non-hydrogen) atoms. The highest BCUT2D eigenvalue weighted by Crippen LogP contribution is 2.30. The van der Waals surface area contributed by atoms with E-state index in [1.807, 2.05) is 11.3 Å². The van der Waals surface area contributed by atoms with Crippen molar-refractivity contribution < 1.29 is 0 Å². The molecular weight excluding hydrogens is 270 g/mol. The lowest BCUT2D eigenvalue weighted by atomic mass is 10.1. The molecule has 0 spiro atoms. The maximum absolute atomic E-state index is 3.74. The maximum Gasteiger partial charge on any atom is 0.0161 e. The fourth-order valence-electron chi connectivity index (χ4n) is 2.68. The summed E-state index contributed by atoms with van der Waals surface area (Å²) < 4.78 is 0. The zero-order valence-corrected chi connectivity index (χ0v) is 13.7. The van der Waals surface area contributed by atoms with Crippen molar-refractivity contribution >= 4 is 23.1 Å². The van der Waals surface area contributed by atoms with Crippen LogP contribution in [-0.4, -0.2) is 23.6 Å². The Hall–Kier alpha value is 0.01000. The molecule has 0 aliphatic heterocycles. The minimum Gasteiger partial charge on any atom is -0.313 e. The van der Waals surface area contributed by atoms with Gasteiger partial charge in [-0.05, 0) is 61.0 Å². The molecule has 1 heterocycles. The van der Waals surface area contributed by atoms with Crippen molar-refractivity contribution in [3.63, 3.8) is 0 Å². The average Bonchev–Trinajstić information content (AvgIpc) is 3.11. The van der Waals surface area contributed by atoms with Crippen LogP contribution >= 0.6 is 23.1 Å². The lowest BCUT2D eigenvalue weighted by Gasteiger charge is -2.20. The Labute approximate surface area is 126 Å². The van der Waals surface area contributed by atoms with Gasteiger partial charge < -0.3 is 5.32 Å². The van der Waals surface area contributed by atoms with E-state index in [0.717, 1.165) is 5.25 Å². The summed E-state index contributed by atoms with van der Waals surface area (Å²) in [5.74, 6) is 1.30. The molecular formula is C16H27NS2. The van der Waals surface area contributed by atoms with Crippen LogP contribution < -0.4 is 5.32 Å². The third kappa shape index (κ3) is 5.88. The van der Waals surface area contributed by atoms with Crippen LogP contribution in [0.3, 0.4) is 0 Å². The fraction of sp³-hybridized carbons (Fsp3) is 0.750. The molecule has 1 fully saturated rings. The quantitative estimate of drug-likeness (QED) is 0.707. The van der Waals surface area contributed by atoms with Crippen molar-refractivity contribution in [2.24, 2.45) is 0 Å². The van der Waals surface area contributed by atoms with E-state index in [-0.39, 0.29) is 0 Å². The largest absolute Gasteiger partial charge is 0.313 e. The lowest BCUT2D eigenvalue weighted by Crippen LogP contribution is -2.33. The Kier molecular flexibility index (Phi) is 7.33. The molecule has 0 saturated heterocycles. The summed E-state index contributed by atoms with van der Waals surface area (Å²) >= 11 is 4.04. The van der Waals surface area contributed by atoms with E-state index < -0.39 is 0 Å². The molecule has 1 atom stereocenters. The molecule has 1 N–H and O–H groups in total. The highest BCUT2D eigenvalue weighted by Gasteiger charge is 2.17. The Bertz CT molecular complexity index is 317. The zero-order valence-electron chi connectivity index (χ0n) is 12.1. The van der Waals surface area contributed by atoms with Gasteiger partial charge in [-0.2, -0.15) is 23.1 Å². The van der Waals surface area contributed by atoms with Crippen molar-refractivity contribution in [2.75, 3.05) is 12.3 Å². The molecule has 0 aromatic carbocycles. The van der Waals surface area contributed by atoms with E-state index >= 15 is 0 Å². The number of hydrogen-bond donors (Lipinski definition) is 1. The van der Waals surface area contributed by atoms with Crippen molar-refractivity contribution in [3.05, 3.63) is 22.4 Å². The van der Waals surface area contributed by atoms with Gasteiger partial charge in [0.05, 0.1) is 0 Å². The van der Waals surface area contributed by atoms with Gasteiger partial charge in [-0.1, -0.05) is 19.8 Å². The van der Waals surface area contributed by atoms with Gasteiger partial charge in [0, 0.05) is 17.0 Å². The second-order valence-electron chi connectivity index (χ2n) is 5.56. The number of aryl methyl sites for hydroxylation is 1. The van der Waals surface area contributed by atoms with Crippen LogP contribution in [-0.2, 0) is 6.42 Å². The molecule has 1 aromatic rings. The summed E-state index contributed by atoms with van der Waals surface area (Å²) in [5.41, 5.74) is 1.51. The van der Waals surface area contributed by atoms with Gasteiger partial charge in [-0.3, -0.25) is 0 Å². The topological polar surface area (TPSA) is 12.0 Å². The first kappa shape index (κ1) is 15.4. The van der Waals surface area contributed by atoms with Gasteiger partial charge in [0.1, 0.15) is 0 Å². The third-order valence-corrected chi connectivity index (χ3v) is 6.15. The fourth-order valence-corrected chi connectivity index (χ4v) is 4.83. The van der Waals surface area contributed by atoms with Crippen LogP contribution in [0.15, 0.2) is 16.8 Å². The smallest absolute Gasteiger partial charge is 0.0161 e. The molecule has 1 aromatic heterocycles. The monoisotopic (exact) mass is 297 g/mol. The SMILES string of the molecule is CCCNC(CCc1ccsc1)CSC1CCCC1.